The van der Waals surface area contributed by atoms with Gasteiger partial charge < -0.3 is 9.47 Å². The van der Waals surface area contributed by atoms with E-state index in [-0.39, 0.29) is 12.4 Å². The average molecular weight is 391 g/mol. The van der Waals surface area contributed by atoms with Crippen LogP contribution in [0.15, 0.2) is 24.3 Å². The van der Waals surface area contributed by atoms with Crippen molar-refractivity contribution in [1.29, 1.82) is 0 Å². The molecular weight excluding hydrogens is 379 g/mol. The van der Waals surface area contributed by atoms with Crippen LogP contribution in [0.5, 0.6) is 11.5 Å². The fraction of sp³-hybridized carbons (Fsp3) is 0.455. The van der Waals surface area contributed by atoms with Crippen LogP contribution < -0.4 is 14.2 Å². The summed E-state index contributed by atoms with van der Waals surface area (Å²) in [7, 11) is -9.90. The molecule has 0 fully saturated rings. The fourth-order valence-electron chi connectivity index (χ4n) is 1.63. The first-order valence-electron chi connectivity index (χ1n) is 6.35. The molecule has 1 aliphatic heterocycles. The second-order valence-electron chi connectivity index (χ2n) is 4.46. The van der Waals surface area contributed by atoms with Gasteiger partial charge in [0.1, 0.15) is 6.61 Å². The van der Waals surface area contributed by atoms with E-state index in [0.29, 0.717) is 5.75 Å². The van der Waals surface area contributed by atoms with E-state index < -0.39 is 44.2 Å². The van der Waals surface area contributed by atoms with Gasteiger partial charge in [-0.15, -0.1) is 0 Å². The molecule has 8 nitrogen and oxygen atoms in total. The van der Waals surface area contributed by atoms with E-state index in [1.165, 1.54) is 10.8 Å². The SMILES string of the molecule is O=S(=O)(OCCNS(=O)(=O)C(F)(F)F)C1COc2ccccc2O1. The van der Waals surface area contributed by atoms with Crippen molar-refractivity contribution < 1.29 is 43.7 Å². The summed E-state index contributed by atoms with van der Waals surface area (Å²) < 4.78 is 97.5. The zero-order chi connectivity index (χ0) is 18.0. The third-order valence-electron chi connectivity index (χ3n) is 2.75. The van der Waals surface area contributed by atoms with Crippen LogP contribution in [0, 0.1) is 0 Å². The minimum absolute atomic E-state index is 0.165. The van der Waals surface area contributed by atoms with Crippen molar-refractivity contribution >= 4 is 20.1 Å². The van der Waals surface area contributed by atoms with Crippen LogP contribution in [0.4, 0.5) is 13.2 Å². The Morgan fingerprint density at radius 3 is 2.42 bits per heavy atom. The van der Waals surface area contributed by atoms with Gasteiger partial charge in [0.05, 0.1) is 6.61 Å². The number of alkyl halides is 3. The summed E-state index contributed by atoms with van der Waals surface area (Å²) in [5, 5.41) is 0. The first kappa shape index (κ1) is 18.8. The number of nitrogens with one attached hydrogen (secondary N) is 1. The summed E-state index contributed by atoms with van der Waals surface area (Å²) in [6.07, 6.45) is 0. The monoisotopic (exact) mass is 391 g/mol. The third-order valence-corrected chi connectivity index (χ3v) is 5.32. The van der Waals surface area contributed by atoms with Crippen molar-refractivity contribution in [3.05, 3.63) is 24.3 Å². The molecule has 1 heterocycles. The first-order chi connectivity index (χ1) is 11.0. The van der Waals surface area contributed by atoms with Crippen molar-refractivity contribution in [2.75, 3.05) is 19.8 Å². The second-order valence-corrected chi connectivity index (χ2v) is 7.97. The standard InChI is InChI=1S/C11H12F3NO7S2/c12-11(13,14)24(18,19)15-5-6-21-23(16,17)10-7-20-8-3-1-2-4-9(8)22-10/h1-4,10,15H,5-7H2. The molecular formula is C11H12F3NO7S2. The highest BCUT2D eigenvalue weighted by molar-refractivity contribution is 7.90. The highest BCUT2D eigenvalue weighted by Crippen LogP contribution is 2.32. The van der Waals surface area contributed by atoms with Crippen LogP contribution in [-0.2, 0) is 24.3 Å². The molecule has 1 atom stereocenters. The Morgan fingerprint density at radius 2 is 1.79 bits per heavy atom. The van der Waals surface area contributed by atoms with Crippen LogP contribution >= 0.6 is 0 Å². The molecule has 0 aliphatic carbocycles. The third kappa shape index (κ3) is 4.28. The van der Waals surface area contributed by atoms with Gasteiger partial charge in [-0.1, -0.05) is 12.1 Å². The highest BCUT2D eigenvalue weighted by Gasteiger charge is 2.45. The lowest BCUT2D eigenvalue weighted by molar-refractivity contribution is -0.0448. The van der Waals surface area contributed by atoms with E-state index in [1.54, 1.807) is 18.2 Å². The number of sulfonamides is 1. The van der Waals surface area contributed by atoms with Crippen LogP contribution in [0.25, 0.3) is 0 Å². The molecule has 1 aromatic rings. The van der Waals surface area contributed by atoms with Gasteiger partial charge in [0, 0.05) is 6.54 Å². The lowest BCUT2D eigenvalue weighted by Crippen LogP contribution is -2.40. The van der Waals surface area contributed by atoms with E-state index in [2.05, 4.69) is 4.18 Å². The fourth-order valence-corrected chi connectivity index (χ4v) is 3.07. The minimum Gasteiger partial charge on any atom is -0.485 e. The Labute approximate surface area is 135 Å². The summed E-state index contributed by atoms with van der Waals surface area (Å²) in [5.41, 5.74) is -7.01. The Bertz CT molecular complexity index is 792. The van der Waals surface area contributed by atoms with E-state index in [0.717, 1.165) is 0 Å². The molecule has 1 unspecified atom stereocenters. The molecule has 1 aliphatic rings. The summed E-state index contributed by atoms with van der Waals surface area (Å²) in [6.45, 7) is -2.10. The normalized spacial score (nSPS) is 18.4. The van der Waals surface area contributed by atoms with Crippen molar-refractivity contribution in [1.82, 2.24) is 4.72 Å². The van der Waals surface area contributed by atoms with E-state index >= 15 is 0 Å². The van der Waals surface area contributed by atoms with E-state index in [9.17, 15) is 30.0 Å². The lowest BCUT2D eigenvalue weighted by atomic mass is 10.3. The summed E-state index contributed by atoms with van der Waals surface area (Å²) in [5.74, 6) is 0.501. The van der Waals surface area contributed by atoms with Gasteiger partial charge in [0.15, 0.2) is 11.5 Å². The Hall–Kier alpha value is -1.57. The molecule has 1 N–H and O–H groups in total. The lowest BCUT2D eigenvalue weighted by Gasteiger charge is -2.25. The molecule has 2 rings (SSSR count). The van der Waals surface area contributed by atoms with Crippen molar-refractivity contribution in [2.24, 2.45) is 0 Å². The Balaban J connectivity index is 1.89. The summed E-state index contributed by atoms with van der Waals surface area (Å²) >= 11 is 0. The van der Waals surface area contributed by atoms with Gasteiger partial charge >= 0.3 is 25.6 Å². The maximum atomic E-state index is 12.1. The van der Waals surface area contributed by atoms with Gasteiger partial charge in [-0.2, -0.15) is 21.6 Å². The van der Waals surface area contributed by atoms with Crippen LogP contribution in [0.2, 0.25) is 0 Å². The molecule has 13 heteroatoms. The van der Waals surface area contributed by atoms with E-state index in [4.69, 9.17) is 9.47 Å². The number of halogens is 3. The average Bonchev–Trinajstić information content (AvgIpc) is 2.50. The Kier molecular flexibility index (Phi) is 5.27. The topological polar surface area (TPSA) is 108 Å². The van der Waals surface area contributed by atoms with Crippen LogP contribution in [0.3, 0.4) is 0 Å². The zero-order valence-corrected chi connectivity index (χ0v) is 13.4. The molecule has 0 aromatic heterocycles. The highest BCUT2D eigenvalue weighted by atomic mass is 32.2. The van der Waals surface area contributed by atoms with Gasteiger partial charge in [-0.3, -0.25) is 4.18 Å². The van der Waals surface area contributed by atoms with Crippen LogP contribution in [0.1, 0.15) is 0 Å². The number of rotatable bonds is 6. The maximum absolute atomic E-state index is 12.1. The molecule has 0 amide bonds. The first-order valence-corrected chi connectivity index (χ1v) is 9.31. The van der Waals surface area contributed by atoms with Crippen LogP contribution in [-0.4, -0.2) is 47.5 Å². The smallest absolute Gasteiger partial charge is 0.485 e. The summed E-state index contributed by atoms with van der Waals surface area (Å²) in [6, 6.07) is 6.27. The predicted molar refractivity (Wildman–Crippen MR) is 74.2 cm³/mol. The van der Waals surface area contributed by atoms with Crippen molar-refractivity contribution in [3.63, 3.8) is 0 Å². The van der Waals surface area contributed by atoms with Crippen molar-refractivity contribution in [2.45, 2.75) is 10.9 Å². The minimum atomic E-state index is -5.56. The largest absolute Gasteiger partial charge is 0.511 e. The number of benzene rings is 1. The molecule has 0 saturated carbocycles. The second kappa shape index (κ2) is 6.74. The molecule has 24 heavy (non-hydrogen) atoms. The predicted octanol–water partition coefficient (Wildman–Crippen LogP) is 0.569. The number of hydrogen-bond acceptors (Lipinski definition) is 7. The molecule has 1 aromatic carbocycles. The number of hydrogen-bond donors (Lipinski definition) is 1. The Morgan fingerprint density at radius 1 is 1.17 bits per heavy atom. The zero-order valence-electron chi connectivity index (χ0n) is 11.8. The molecule has 0 spiro atoms. The van der Waals surface area contributed by atoms with Gasteiger partial charge in [-0.05, 0) is 12.1 Å². The number of ether oxygens (including phenoxy) is 2. The molecule has 0 bridgehead atoms. The van der Waals surface area contributed by atoms with Gasteiger partial charge in [0.2, 0.25) is 0 Å². The van der Waals surface area contributed by atoms with Crippen molar-refractivity contribution in [3.8, 4) is 11.5 Å². The number of para-hydroxylation sites is 2. The molecule has 0 radical (unpaired) electrons. The van der Waals surface area contributed by atoms with Gasteiger partial charge in [0.25, 0.3) is 5.44 Å². The quantitative estimate of drug-likeness (QED) is 0.558. The molecule has 0 saturated heterocycles. The summed E-state index contributed by atoms with van der Waals surface area (Å²) in [4.78, 5) is 0. The molecule has 136 valence electrons. The van der Waals surface area contributed by atoms with E-state index in [1.807, 2.05) is 0 Å². The maximum Gasteiger partial charge on any atom is 0.511 e. The number of fused-ring (bicyclic) bond motifs is 1. The van der Waals surface area contributed by atoms with Gasteiger partial charge in [-0.25, -0.2) is 13.1 Å².